The number of aliphatic hydroxyl groups is 1. The molecule has 22 heavy (non-hydrogen) atoms. The summed E-state index contributed by atoms with van der Waals surface area (Å²) in [6.45, 7) is 7.59. The van der Waals surface area contributed by atoms with Crippen LogP contribution in [0.3, 0.4) is 0 Å². The molecule has 0 bridgehead atoms. The Morgan fingerprint density at radius 1 is 1.41 bits per heavy atom. The van der Waals surface area contributed by atoms with Crippen molar-refractivity contribution < 1.29 is 9.84 Å². The van der Waals surface area contributed by atoms with Crippen LogP contribution >= 0.6 is 0 Å². The van der Waals surface area contributed by atoms with Gasteiger partial charge in [-0.15, -0.1) is 0 Å². The van der Waals surface area contributed by atoms with Crippen molar-refractivity contribution in [3.05, 3.63) is 29.3 Å². The lowest BCUT2D eigenvalue weighted by Gasteiger charge is -2.34. The zero-order chi connectivity index (χ0) is 15.9. The summed E-state index contributed by atoms with van der Waals surface area (Å²) in [6, 6.07) is 6.32. The van der Waals surface area contributed by atoms with E-state index in [-0.39, 0.29) is 6.61 Å². The molecule has 1 aliphatic rings. The van der Waals surface area contributed by atoms with E-state index in [2.05, 4.69) is 35.9 Å². The van der Waals surface area contributed by atoms with E-state index in [1.54, 1.807) is 7.11 Å². The monoisotopic (exact) mass is 306 g/mol. The van der Waals surface area contributed by atoms with Crippen molar-refractivity contribution in [2.24, 2.45) is 5.92 Å². The maximum Gasteiger partial charge on any atom is 0.119 e. The van der Waals surface area contributed by atoms with Crippen LogP contribution in [0.4, 0.5) is 0 Å². The number of methoxy groups -OCH3 is 1. The predicted molar refractivity (Wildman–Crippen MR) is 90.3 cm³/mol. The van der Waals surface area contributed by atoms with Gasteiger partial charge in [-0.25, -0.2) is 0 Å². The van der Waals surface area contributed by atoms with Gasteiger partial charge in [0.2, 0.25) is 0 Å². The Balaban J connectivity index is 1.85. The zero-order valence-corrected chi connectivity index (χ0v) is 14.2. The van der Waals surface area contributed by atoms with Crippen LogP contribution in [0, 0.1) is 12.8 Å². The van der Waals surface area contributed by atoms with Gasteiger partial charge in [0.15, 0.2) is 0 Å². The minimum absolute atomic E-state index is 0.271. The molecule has 4 nitrogen and oxygen atoms in total. The lowest BCUT2D eigenvalue weighted by molar-refractivity contribution is 0.119. The minimum Gasteiger partial charge on any atom is -0.497 e. The average Bonchev–Trinajstić information content (AvgIpc) is 2.50. The maximum atomic E-state index is 9.09. The largest absolute Gasteiger partial charge is 0.497 e. The summed E-state index contributed by atoms with van der Waals surface area (Å²) in [6.07, 6.45) is 2.55. The van der Waals surface area contributed by atoms with Crippen molar-refractivity contribution in [2.75, 3.05) is 46.9 Å². The molecular formula is C18H30N2O2. The molecule has 1 heterocycles. The molecule has 0 saturated carbocycles. The Bertz CT molecular complexity index is 462. The molecule has 1 unspecified atom stereocenters. The number of aryl methyl sites for hydroxylation is 1. The normalized spacial score (nSPS) is 19.6. The van der Waals surface area contributed by atoms with Crippen LogP contribution < -0.4 is 4.74 Å². The van der Waals surface area contributed by atoms with Crippen molar-refractivity contribution in [3.63, 3.8) is 0 Å². The maximum absolute atomic E-state index is 9.09. The number of piperidine rings is 1. The fourth-order valence-corrected chi connectivity index (χ4v) is 3.41. The molecular weight excluding hydrogens is 276 g/mol. The third-order valence-corrected chi connectivity index (χ3v) is 4.58. The second-order valence-corrected chi connectivity index (χ2v) is 6.52. The Labute approximate surface area is 134 Å². The minimum atomic E-state index is 0.271. The van der Waals surface area contributed by atoms with Gasteiger partial charge in [0.05, 0.1) is 13.7 Å². The Morgan fingerprint density at radius 3 is 2.91 bits per heavy atom. The van der Waals surface area contributed by atoms with Gasteiger partial charge in [-0.3, -0.25) is 0 Å². The fraction of sp³-hybridized carbons (Fsp3) is 0.667. The van der Waals surface area contributed by atoms with Crippen molar-refractivity contribution in [2.45, 2.75) is 26.3 Å². The quantitative estimate of drug-likeness (QED) is 0.837. The molecule has 1 aliphatic heterocycles. The highest BCUT2D eigenvalue weighted by Crippen LogP contribution is 2.20. The summed E-state index contributed by atoms with van der Waals surface area (Å²) in [5.41, 5.74) is 2.66. The number of rotatable bonds is 7. The number of likely N-dealkylation sites (tertiary alicyclic amines) is 1. The molecule has 1 fully saturated rings. The number of aliphatic hydroxyl groups excluding tert-OH is 1. The number of ether oxygens (including phenoxy) is 1. The first-order valence-corrected chi connectivity index (χ1v) is 8.27. The Kier molecular flexibility index (Phi) is 6.68. The van der Waals surface area contributed by atoms with Gasteiger partial charge in [-0.2, -0.15) is 0 Å². The summed E-state index contributed by atoms with van der Waals surface area (Å²) in [5, 5.41) is 9.09. The number of β-amino-alcohol motifs (C(OH)–C–C–N with tert-alkyl or cyclic N) is 1. The number of nitrogens with zero attached hydrogens (tertiary/aromatic N) is 2. The van der Waals surface area contributed by atoms with E-state index in [0.29, 0.717) is 5.92 Å². The third-order valence-electron chi connectivity index (χ3n) is 4.58. The van der Waals surface area contributed by atoms with Crippen LogP contribution in [0.15, 0.2) is 18.2 Å². The highest BCUT2D eigenvalue weighted by atomic mass is 16.5. The SMILES string of the molecule is COc1ccc(CN(C)CC2CCCN(CCO)C2)c(C)c1. The van der Waals surface area contributed by atoms with E-state index >= 15 is 0 Å². The smallest absolute Gasteiger partial charge is 0.119 e. The standard InChI is InChI=1S/C18H30N2O2/c1-15-11-18(22-3)7-6-17(15)14-19(2)12-16-5-4-8-20(13-16)9-10-21/h6-7,11,16,21H,4-5,8-10,12-14H2,1-3H3. The van der Waals surface area contributed by atoms with Crippen LogP contribution in [0.1, 0.15) is 24.0 Å². The summed E-state index contributed by atoms with van der Waals surface area (Å²) in [4.78, 5) is 4.81. The highest BCUT2D eigenvalue weighted by Gasteiger charge is 2.20. The van der Waals surface area contributed by atoms with E-state index in [1.165, 1.54) is 24.0 Å². The molecule has 1 aromatic rings. The molecule has 0 spiro atoms. The first kappa shape index (κ1) is 17.3. The molecule has 0 amide bonds. The second-order valence-electron chi connectivity index (χ2n) is 6.52. The van der Waals surface area contributed by atoms with E-state index in [9.17, 15) is 0 Å². The Hall–Kier alpha value is -1.10. The predicted octanol–water partition coefficient (Wildman–Crippen LogP) is 2.14. The van der Waals surface area contributed by atoms with Crippen LogP contribution in [-0.2, 0) is 6.54 Å². The first-order chi connectivity index (χ1) is 10.6. The molecule has 1 aromatic carbocycles. The van der Waals surface area contributed by atoms with Crippen LogP contribution in [-0.4, -0.2) is 61.8 Å². The third kappa shape index (κ3) is 4.97. The molecule has 0 radical (unpaired) electrons. The van der Waals surface area contributed by atoms with E-state index < -0.39 is 0 Å². The van der Waals surface area contributed by atoms with Gasteiger partial charge >= 0.3 is 0 Å². The lowest BCUT2D eigenvalue weighted by atomic mass is 9.97. The topological polar surface area (TPSA) is 35.9 Å². The van der Waals surface area contributed by atoms with Gasteiger partial charge in [0.25, 0.3) is 0 Å². The second kappa shape index (κ2) is 8.51. The van der Waals surface area contributed by atoms with Gasteiger partial charge in [-0.1, -0.05) is 6.07 Å². The van der Waals surface area contributed by atoms with E-state index in [1.807, 2.05) is 6.07 Å². The van der Waals surface area contributed by atoms with Crippen molar-refractivity contribution in [3.8, 4) is 5.75 Å². The Morgan fingerprint density at radius 2 is 2.23 bits per heavy atom. The molecule has 1 N–H and O–H groups in total. The molecule has 4 heteroatoms. The molecule has 0 aliphatic carbocycles. The average molecular weight is 306 g/mol. The van der Waals surface area contributed by atoms with E-state index in [4.69, 9.17) is 9.84 Å². The lowest BCUT2D eigenvalue weighted by Crippen LogP contribution is -2.41. The molecule has 1 atom stereocenters. The van der Waals surface area contributed by atoms with Crippen molar-refractivity contribution in [1.82, 2.24) is 9.80 Å². The number of hydrogen-bond donors (Lipinski definition) is 1. The van der Waals surface area contributed by atoms with Gasteiger partial charge < -0.3 is 19.6 Å². The number of benzene rings is 1. The van der Waals surface area contributed by atoms with Gasteiger partial charge in [0, 0.05) is 26.2 Å². The molecule has 2 rings (SSSR count). The fourth-order valence-electron chi connectivity index (χ4n) is 3.41. The summed E-state index contributed by atoms with van der Waals surface area (Å²) < 4.78 is 5.27. The summed E-state index contributed by atoms with van der Waals surface area (Å²) in [7, 11) is 3.91. The first-order valence-electron chi connectivity index (χ1n) is 8.27. The zero-order valence-electron chi connectivity index (χ0n) is 14.2. The van der Waals surface area contributed by atoms with Gasteiger partial charge in [0.1, 0.15) is 5.75 Å². The van der Waals surface area contributed by atoms with Crippen molar-refractivity contribution in [1.29, 1.82) is 0 Å². The van der Waals surface area contributed by atoms with Crippen LogP contribution in [0.5, 0.6) is 5.75 Å². The van der Waals surface area contributed by atoms with Crippen LogP contribution in [0.25, 0.3) is 0 Å². The molecule has 124 valence electrons. The molecule has 1 saturated heterocycles. The van der Waals surface area contributed by atoms with E-state index in [0.717, 1.165) is 38.5 Å². The van der Waals surface area contributed by atoms with Crippen LogP contribution in [0.2, 0.25) is 0 Å². The van der Waals surface area contributed by atoms with Gasteiger partial charge in [-0.05, 0) is 62.5 Å². The highest BCUT2D eigenvalue weighted by molar-refractivity contribution is 5.34. The van der Waals surface area contributed by atoms with Crippen molar-refractivity contribution >= 4 is 0 Å². The molecule has 0 aromatic heterocycles. The summed E-state index contributed by atoms with van der Waals surface area (Å²) in [5.74, 6) is 1.64. The number of hydrogen-bond acceptors (Lipinski definition) is 4. The summed E-state index contributed by atoms with van der Waals surface area (Å²) >= 11 is 0.